The molecule has 3 aromatic rings. The van der Waals surface area contributed by atoms with Crippen LogP contribution in [0.5, 0.6) is 0 Å². The quantitative estimate of drug-likeness (QED) is 0.768. The van der Waals surface area contributed by atoms with Gasteiger partial charge in [0.1, 0.15) is 17.0 Å². The van der Waals surface area contributed by atoms with E-state index in [1.807, 2.05) is 35.6 Å². The molecule has 4 nitrogen and oxygen atoms in total. The molecule has 1 aliphatic carbocycles. The number of hydrogen-bond donors (Lipinski definition) is 2. The van der Waals surface area contributed by atoms with E-state index in [0.29, 0.717) is 6.54 Å². The Balaban J connectivity index is 1.68. The maximum Gasteiger partial charge on any atom is 0.138 e. The first-order chi connectivity index (χ1) is 11.4. The second kappa shape index (κ2) is 6.26. The Bertz CT molecular complexity index is 843. The second-order valence-corrected chi connectivity index (χ2v) is 6.98. The van der Waals surface area contributed by atoms with Gasteiger partial charge < -0.3 is 10.4 Å². The maximum absolute atomic E-state index is 9.46. The van der Waals surface area contributed by atoms with Gasteiger partial charge in [0.25, 0.3) is 0 Å². The SMILES string of the molecule is OCc1ccccc1CNc1ncnc2sc3c(c12)CCCC3. The number of nitrogens with one attached hydrogen (secondary N) is 1. The molecule has 118 valence electrons. The molecule has 1 aliphatic rings. The number of benzene rings is 1. The first-order valence-electron chi connectivity index (χ1n) is 8.03. The Morgan fingerprint density at radius 2 is 1.91 bits per heavy atom. The normalized spacial score (nSPS) is 14.0. The lowest BCUT2D eigenvalue weighted by Gasteiger charge is -2.13. The minimum atomic E-state index is 0.0604. The number of rotatable bonds is 4. The molecule has 2 N–H and O–H groups in total. The smallest absolute Gasteiger partial charge is 0.138 e. The van der Waals surface area contributed by atoms with E-state index in [-0.39, 0.29) is 6.61 Å². The van der Waals surface area contributed by atoms with Gasteiger partial charge in [-0.1, -0.05) is 24.3 Å². The summed E-state index contributed by atoms with van der Waals surface area (Å²) in [4.78, 5) is 11.5. The molecule has 0 radical (unpaired) electrons. The van der Waals surface area contributed by atoms with Gasteiger partial charge in [-0.25, -0.2) is 9.97 Å². The van der Waals surface area contributed by atoms with E-state index in [9.17, 15) is 5.11 Å². The molecular formula is C18H19N3OS. The van der Waals surface area contributed by atoms with Crippen LogP contribution in [0.2, 0.25) is 0 Å². The van der Waals surface area contributed by atoms with Crippen molar-refractivity contribution in [3.8, 4) is 0 Å². The van der Waals surface area contributed by atoms with Crippen LogP contribution in [0.25, 0.3) is 10.2 Å². The van der Waals surface area contributed by atoms with Crippen molar-refractivity contribution in [3.05, 3.63) is 52.2 Å². The zero-order valence-corrected chi connectivity index (χ0v) is 13.7. The molecule has 0 saturated carbocycles. The Hall–Kier alpha value is -1.98. The van der Waals surface area contributed by atoms with Crippen LogP contribution in [-0.4, -0.2) is 15.1 Å². The lowest BCUT2D eigenvalue weighted by molar-refractivity contribution is 0.280. The molecule has 2 aromatic heterocycles. The fourth-order valence-electron chi connectivity index (χ4n) is 3.29. The van der Waals surface area contributed by atoms with Crippen LogP contribution in [0.4, 0.5) is 5.82 Å². The summed E-state index contributed by atoms with van der Waals surface area (Å²) in [6.45, 7) is 0.721. The summed E-state index contributed by atoms with van der Waals surface area (Å²) in [5, 5.41) is 14.1. The van der Waals surface area contributed by atoms with E-state index < -0.39 is 0 Å². The van der Waals surface area contributed by atoms with Crippen LogP contribution in [0.1, 0.15) is 34.4 Å². The summed E-state index contributed by atoms with van der Waals surface area (Å²) in [5.74, 6) is 0.919. The van der Waals surface area contributed by atoms with Gasteiger partial charge in [0.15, 0.2) is 0 Å². The second-order valence-electron chi connectivity index (χ2n) is 5.89. The highest BCUT2D eigenvalue weighted by Crippen LogP contribution is 2.38. The number of fused-ring (bicyclic) bond motifs is 3. The molecule has 0 unspecified atom stereocenters. The Morgan fingerprint density at radius 1 is 1.09 bits per heavy atom. The minimum Gasteiger partial charge on any atom is -0.392 e. The zero-order valence-electron chi connectivity index (χ0n) is 12.9. The van der Waals surface area contributed by atoms with Gasteiger partial charge in [-0.15, -0.1) is 11.3 Å². The van der Waals surface area contributed by atoms with Crippen LogP contribution < -0.4 is 5.32 Å². The molecule has 0 aliphatic heterocycles. The van der Waals surface area contributed by atoms with Crippen molar-refractivity contribution < 1.29 is 5.11 Å². The number of aliphatic hydroxyl groups is 1. The van der Waals surface area contributed by atoms with Gasteiger partial charge in [-0.2, -0.15) is 0 Å². The van der Waals surface area contributed by atoms with Crippen molar-refractivity contribution in [2.45, 2.75) is 38.8 Å². The first-order valence-corrected chi connectivity index (χ1v) is 8.85. The fraction of sp³-hybridized carbons (Fsp3) is 0.333. The number of anilines is 1. The average molecular weight is 325 g/mol. The van der Waals surface area contributed by atoms with E-state index in [2.05, 4.69) is 15.3 Å². The largest absolute Gasteiger partial charge is 0.392 e. The standard InChI is InChI=1S/C18H19N3OS/c22-10-13-6-2-1-5-12(13)9-19-17-16-14-7-3-4-8-15(14)23-18(16)21-11-20-17/h1-2,5-6,11,22H,3-4,7-10H2,(H,19,20,21). The lowest BCUT2D eigenvalue weighted by Crippen LogP contribution is -2.06. The summed E-state index contributed by atoms with van der Waals surface area (Å²) in [6, 6.07) is 7.95. The molecule has 1 aromatic carbocycles. The van der Waals surface area contributed by atoms with E-state index in [1.165, 1.54) is 35.1 Å². The van der Waals surface area contributed by atoms with Gasteiger partial charge in [0.05, 0.1) is 12.0 Å². The highest BCUT2D eigenvalue weighted by Gasteiger charge is 2.19. The molecule has 0 atom stereocenters. The lowest BCUT2D eigenvalue weighted by atomic mass is 9.97. The Kier molecular flexibility index (Phi) is 3.97. The van der Waals surface area contributed by atoms with Gasteiger partial charge in [-0.3, -0.25) is 0 Å². The monoisotopic (exact) mass is 325 g/mol. The number of aromatic nitrogens is 2. The molecule has 5 heteroatoms. The Morgan fingerprint density at radius 3 is 2.78 bits per heavy atom. The van der Waals surface area contributed by atoms with Crippen LogP contribution in [0.15, 0.2) is 30.6 Å². The highest BCUT2D eigenvalue weighted by molar-refractivity contribution is 7.19. The van der Waals surface area contributed by atoms with E-state index in [4.69, 9.17) is 0 Å². The van der Waals surface area contributed by atoms with Crippen molar-refractivity contribution >= 4 is 27.4 Å². The van der Waals surface area contributed by atoms with E-state index in [1.54, 1.807) is 6.33 Å². The highest BCUT2D eigenvalue weighted by atomic mass is 32.1. The molecule has 2 heterocycles. The molecule has 0 amide bonds. The summed E-state index contributed by atoms with van der Waals surface area (Å²) in [6.07, 6.45) is 6.47. The van der Waals surface area contributed by atoms with Crippen molar-refractivity contribution in [1.82, 2.24) is 9.97 Å². The molecule has 0 bridgehead atoms. The summed E-state index contributed by atoms with van der Waals surface area (Å²) < 4.78 is 0. The zero-order chi connectivity index (χ0) is 15.6. The third-order valence-electron chi connectivity index (χ3n) is 4.49. The van der Waals surface area contributed by atoms with Gasteiger partial charge in [-0.05, 0) is 42.4 Å². The van der Waals surface area contributed by atoms with Gasteiger partial charge in [0.2, 0.25) is 0 Å². The van der Waals surface area contributed by atoms with Crippen LogP contribution in [0.3, 0.4) is 0 Å². The Labute approximate surface area is 139 Å². The van der Waals surface area contributed by atoms with Gasteiger partial charge in [0, 0.05) is 11.4 Å². The topological polar surface area (TPSA) is 58.0 Å². The minimum absolute atomic E-state index is 0.0604. The number of thiophene rings is 1. The van der Waals surface area contributed by atoms with Crippen LogP contribution in [0, 0.1) is 0 Å². The van der Waals surface area contributed by atoms with Crippen molar-refractivity contribution in [3.63, 3.8) is 0 Å². The molecule has 0 saturated heterocycles. The van der Waals surface area contributed by atoms with Gasteiger partial charge >= 0.3 is 0 Å². The molecule has 0 spiro atoms. The van der Waals surface area contributed by atoms with Crippen molar-refractivity contribution in [1.29, 1.82) is 0 Å². The third kappa shape index (κ3) is 2.71. The third-order valence-corrected chi connectivity index (χ3v) is 5.69. The molecule has 4 rings (SSSR count). The molecule has 0 fully saturated rings. The molecular weight excluding hydrogens is 306 g/mol. The molecule has 23 heavy (non-hydrogen) atoms. The fourth-order valence-corrected chi connectivity index (χ4v) is 4.52. The number of aryl methyl sites for hydroxylation is 2. The average Bonchev–Trinajstić information content (AvgIpc) is 2.99. The van der Waals surface area contributed by atoms with Crippen LogP contribution >= 0.6 is 11.3 Å². The van der Waals surface area contributed by atoms with E-state index in [0.717, 1.165) is 28.2 Å². The number of hydrogen-bond acceptors (Lipinski definition) is 5. The summed E-state index contributed by atoms with van der Waals surface area (Å²) >= 11 is 1.81. The van der Waals surface area contributed by atoms with Crippen molar-refractivity contribution in [2.75, 3.05) is 5.32 Å². The first kappa shape index (κ1) is 14.6. The predicted molar refractivity (Wildman–Crippen MR) is 93.7 cm³/mol. The van der Waals surface area contributed by atoms with Crippen LogP contribution in [-0.2, 0) is 26.0 Å². The predicted octanol–water partition coefficient (Wildman–Crippen LogP) is 3.67. The van der Waals surface area contributed by atoms with E-state index >= 15 is 0 Å². The van der Waals surface area contributed by atoms with Crippen molar-refractivity contribution in [2.24, 2.45) is 0 Å². The maximum atomic E-state index is 9.46. The summed E-state index contributed by atoms with van der Waals surface area (Å²) in [5.41, 5.74) is 3.50. The number of aliphatic hydroxyl groups excluding tert-OH is 1. The number of nitrogens with zero attached hydrogens (tertiary/aromatic N) is 2. The summed E-state index contributed by atoms with van der Waals surface area (Å²) in [7, 11) is 0.